The highest BCUT2D eigenvalue weighted by molar-refractivity contribution is 7.98. The first-order chi connectivity index (χ1) is 10.1. The topological polar surface area (TPSA) is 44.5 Å². The molecule has 0 radical (unpaired) electrons. The van der Waals surface area contributed by atoms with E-state index in [2.05, 4.69) is 13.0 Å². The third-order valence-corrected chi connectivity index (χ3v) is 4.64. The van der Waals surface area contributed by atoms with E-state index >= 15 is 0 Å². The maximum atomic E-state index is 6.25. The minimum atomic E-state index is 0.542. The zero-order valence-corrected chi connectivity index (χ0v) is 13.3. The van der Waals surface area contributed by atoms with Crippen LogP contribution >= 0.6 is 23.4 Å². The average Bonchev–Trinajstić information content (AvgIpc) is 2.48. The van der Waals surface area contributed by atoms with Crippen LogP contribution in [-0.4, -0.2) is 13.2 Å². The Morgan fingerprint density at radius 1 is 1.19 bits per heavy atom. The number of thioether (sulfide) groups is 1. The van der Waals surface area contributed by atoms with E-state index in [1.54, 1.807) is 11.8 Å². The van der Waals surface area contributed by atoms with Crippen molar-refractivity contribution in [2.75, 3.05) is 18.9 Å². The van der Waals surface area contributed by atoms with Crippen molar-refractivity contribution in [1.82, 2.24) is 0 Å². The van der Waals surface area contributed by atoms with E-state index in [1.165, 1.54) is 5.56 Å². The Bertz CT molecular complexity index is 676. The largest absolute Gasteiger partial charge is 0.486 e. The average molecular weight is 322 g/mol. The minimum Gasteiger partial charge on any atom is -0.486 e. The fourth-order valence-electron chi connectivity index (χ4n) is 2.18. The summed E-state index contributed by atoms with van der Waals surface area (Å²) >= 11 is 7.94. The first-order valence-corrected chi connectivity index (χ1v) is 8.07. The molecule has 5 heteroatoms. The van der Waals surface area contributed by atoms with Gasteiger partial charge >= 0.3 is 0 Å². The van der Waals surface area contributed by atoms with Gasteiger partial charge in [0.15, 0.2) is 11.5 Å². The van der Waals surface area contributed by atoms with E-state index < -0.39 is 0 Å². The number of hydrogen-bond acceptors (Lipinski definition) is 4. The maximum Gasteiger partial charge on any atom is 0.179 e. The Morgan fingerprint density at radius 3 is 2.86 bits per heavy atom. The molecule has 2 aromatic carbocycles. The molecule has 2 aromatic rings. The number of hydrogen-bond donors (Lipinski definition) is 1. The van der Waals surface area contributed by atoms with E-state index in [-0.39, 0.29) is 0 Å². The third kappa shape index (κ3) is 3.22. The molecular formula is C16H16ClNO2S. The van der Waals surface area contributed by atoms with Gasteiger partial charge in [0.1, 0.15) is 13.2 Å². The van der Waals surface area contributed by atoms with E-state index in [4.69, 9.17) is 26.8 Å². The molecule has 1 heterocycles. The molecule has 0 bridgehead atoms. The van der Waals surface area contributed by atoms with Crippen LogP contribution in [0.3, 0.4) is 0 Å². The van der Waals surface area contributed by atoms with E-state index in [0.717, 1.165) is 27.6 Å². The van der Waals surface area contributed by atoms with Crippen LogP contribution in [-0.2, 0) is 5.75 Å². The molecule has 3 rings (SSSR count). The summed E-state index contributed by atoms with van der Waals surface area (Å²) in [6.07, 6.45) is 0. The smallest absolute Gasteiger partial charge is 0.179 e. The maximum absolute atomic E-state index is 6.25. The Hall–Kier alpha value is -1.52. The fourth-order valence-corrected chi connectivity index (χ4v) is 3.46. The molecule has 0 saturated heterocycles. The number of benzene rings is 2. The molecule has 0 unspecified atom stereocenters. The predicted octanol–water partition coefficient (Wildman–Crippen LogP) is 4.29. The zero-order chi connectivity index (χ0) is 14.8. The molecule has 0 aromatic heterocycles. The van der Waals surface area contributed by atoms with Crippen LogP contribution in [0.4, 0.5) is 5.69 Å². The highest BCUT2D eigenvalue weighted by Gasteiger charge is 2.16. The predicted molar refractivity (Wildman–Crippen MR) is 87.6 cm³/mol. The molecule has 21 heavy (non-hydrogen) atoms. The van der Waals surface area contributed by atoms with Gasteiger partial charge in [-0.3, -0.25) is 0 Å². The summed E-state index contributed by atoms with van der Waals surface area (Å²) in [5.41, 5.74) is 9.10. The number of nitrogen functional groups attached to an aromatic ring is 1. The molecule has 0 saturated carbocycles. The number of aryl methyl sites for hydroxylation is 1. The molecule has 1 aliphatic rings. The summed E-state index contributed by atoms with van der Waals surface area (Å²) in [5.74, 6) is 2.15. The van der Waals surface area contributed by atoms with E-state index in [1.807, 2.05) is 24.3 Å². The van der Waals surface area contributed by atoms with E-state index in [0.29, 0.717) is 24.0 Å². The second-order valence-electron chi connectivity index (χ2n) is 4.93. The van der Waals surface area contributed by atoms with Crippen molar-refractivity contribution in [1.29, 1.82) is 0 Å². The number of halogens is 1. The van der Waals surface area contributed by atoms with Crippen molar-refractivity contribution >= 4 is 29.1 Å². The van der Waals surface area contributed by atoms with Gasteiger partial charge in [-0.25, -0.2) is 0 Å². The Labute approximate surface area is 133 Å². The normalized spacial score (nSPS) is 13.2. The van der Waals surface area contributed by atoms with Gasteiger partial charge in [-0.05, 0) is 42.3 Å². The Morgan fingerprint density at radius 2 is 2.00 bits per heavy atom. The van der Waals surface area contributed by atoms with Gasteiger partial charge in [0.05, 0.1) is 5.02 Å². The number of anilines is 1. The van der Waals surface area contributed by atoms with Gasteiger partial charge in [0, 0.05) is 16.3 Å². The lowest BCUT2D eigenvalue weighted by Crippen LogP contribution is -2.15. The molecule has 0 aliphatic carbocycles. The van der Waals surface area contributed by atoms with Gasteiger partial charge in [-0.1, -0.05) is 17.7 Å². The first-order valence-electron chi connectivity index (χ1n) is 6.70. The quantitative estimate of drug-likeness (QED) is 0.676. The molecule has 3 nitrogen and oxygen atoms in total. The van der Waals surface area contributed by atoms with Gasteiger partial charge in [0.2, 0.25) is 0 Å². The van der Waals surface area contributed by atoms with Crippen molar-refractivity contribution in [3.8, 4) is 11.5 Å². The van der Waals surface area contributed by atoms with Crippen LogP contribution < -0.4 is 15.2 Å². The summed E-state index contributed by atoms with van der Waals surface area (Å²) in [4.78, 5) is 1.08. The van der Waals surface area contributed by atoms with Crippen LogP contribution in [0.1, 0.15) is 11.1 Å². The molecule has 0 fully saturated rings. The lowest BCUT2D eigenvalue weighted by molar-refractivity contribution is 0.171. The first kappa shape index (κ1) is 14.4. The second kappa shape index (κ2) is 6.08. The molecular weight excluding hydrogens is 306 g/mol. The SMILES string of the molecule is Cc1ccc(N)c(SCc2cc(Cl)c3c(c2)OCCO3)c1. The van der Waals surface area contributed by atoms with Crippen molar-refractivity contribution in [3.63, 3.8) is 0 Å². The molecule has 2 N–H and O–H groups in total. The van der Waals surface area contributed by atoms with Crippen molar-refractivity contribution < 1.29 is 9.47 Å². The highest BCUT2D eigenvalue weighted by Crippen LogP contribution is 2.40. The van der Waals surface area contributed by atoms with E-state index in [9.17, 15) is 0 Å². The van der Waals surface area contributed by atoms with Crippen molar-refractivity contribution in [3.05, 3.63) is 46.5 Å². The van der Waals surface area contributed by atoms with Crippen LogP contribution in [0.5, 0.6) is 11.5 Å². The lowest BCUT2D eigenvalue weighted by Gasteiger charge is -2.20. The summed E-state index contributed by atoms with van der Waals surface area (Å²) in [5, 5.41) is 0.597. The molecule has 1 aliphatic heterocycles. The van der Waals surface area contributed by atoms with Gasteiger partial charge in [0.25, 0.3) is 0 Å². The fraction of sp³-hybridized carbons (Fsp3) is 0.250. The number of nitrogens with two attached hydrogens (primary N) is 1. The van der Waals surface area contributed by atoms with Crippen molar-refractivity contribution in [2.45, 2.75) is 17.6 Å². The standard InChI is InChI=1S/C16H16ClNO2S/c1-10-2-3-13(18)15(6-10)21-9-11-7-12(17)16-14(8-11)19-4-5-20-16/h2-3,6-8H,4-5,9,18H2,1H3. The molecule has 0 spiro atoms. The Balaban J connectivity index is 1.79. The summed E-state index contributed by atoms with van der Waals surface area (Å²) in [6.45, 7) is 3.16. The van der Waals surface area contributed by atoms with Gasteiger partial charge in [-0.2, -0.15) is 0 Å². The summed E-state index contributed by atoms with van der Waals surface area (Å²) in [6, 6.07) is 9.96. The zero-order valence-electron chi connectivity index (χ0n) is 11.7. The second-order valence-corrected chi connectivity index (χ2v) is 6.36. The number of fused-ring (bicyclic) bond motifs is 1. The molecule has 0 atom stereocenters. The van der Waals surface area contributed by atoms with Gasteiger partial charge < -0.3 is 15.2 Å². The minimum absolute atomic E-state index is 0.542. The number of rotatable bonds is 3. The highest BCUT2D eigenvalue weighted by atomic mass is 35.5. The third-order valence-electron chi connectivity index (χ3n) is 3.22. The van der Waals surface area contributed by atoms with Crippen LogP contribution in [0, 0.1) is 6.92 Å². The van der Waals surface area contributed by atoms with Gasteiger partial charge in [-0.15, -0.1) is 11.8 Å². The monoisotopic (exact) mass is 321 g/mol. The van der Waals surface area contributed by atoms with Crippen LogP contribution in [0.15, 0.2) is 35.2 Å². The van der Waals surface area contributed by atoms with Crippen LogP contribution in [0.2, 0.25) is 5.02 Å². The molecule has 110 valence electrons. The number of ether oxygens (including phenoxy) is 2. The molecule has 0 amide bonds. The summed E-state index contributed by atoms with van der Waals surface area (Å²) in [7, 11) is 0. The lowest BCUT2D eigenvalue weighted by atomic mass is 10.2. The van der Waals surface area contributed by atoms with Crippen LogP contribution in [0.25, 0.3) is 0 Å². The summed E-state index contributed by atoms with van der Waals surface area (Å²) < 4.78 is 11.1. The Kier molecular flexibility index (Phi) is 4.17. The van der Waals surface area contributed by atoms with Crippen molar-refractivity contribution in [2.24, 2.45) is 0 Å².